The maximum absolute atomic E-state index is 12.0. The van der Waals surface area contributed by atoms with Crippen molar-refractivity contribution in [2.45, 2.75) is 39.2 Å². The van der Waals surface area contributed by atoms with E-state index in [0.717, 1.165) is 25.9 Å². The molecule has 0 aromatic carbocycles. The summed E-state index contributed by atoms with van der Waals surface area (Å²) in [5, 5.41) is 3.27. The third-order valence-electron chi connectivity index (χ3n) is 2.98. The van der Waals surface area contributed by atoms with Crippen LogP contribution in [0, 0.1) is 5.92 Å². The van der Waals surface area contributed by atoms with E-state index in [9.17, 15) is 4.79 Å². The smallest absolute Gasteiger partial charge is 0.227 e. The number of hydrogen-bond acceptors (Lipinski definition) is 2. The average Bonchev–Trinajstić information content (AvgIpc) is 2.15. The molecule has 1 fully saturated rings. The van der Waals surface area contributed by atoms with Crippen molar-refractivity contribution in [2.75, 3.05) is 20.1 Å². The molecular weight excluding hydrogens is 176 g/mol. The van der Waals surface area contributed by atoms with Crippen LogP contribution in [0.1, 0.15) is 33.6 Å². The summed E-state index contributed by atoms with van der Waals surface area (Å²) >= 11 is 0. The molecule has 1 heterocycles. The Bertz CT molecular complexity index is 202. The zero-order chi connectivity index (χ0) is 10.8. The van der Waals surface area contributed by atoms with Crippen LogP contribution >= 0.6 is 0 Å². The fourth-order valence-electron chi connectivity index (χ4n) is 1.67. The van der Waals surface area contributed by atoms with Crippen LogP contribution in [0.25, 0.3) is 0 Å². The minimum atomic E-state index is -0.0610. The lowest BCUT2D eigenvalue weighted by molar-refractivity contribution is -0.139. The van der Waals surface area contributed by atoms with Crippen molar-refractivity contribution < 1.29 is 4.79 Å². The van der Waals surface area contributed by atoms with Crippen LogP contribution in [0.4, 0.5) is 0 Å². The highest BCUT2D eigenvalue weighted by Gasteiger charge is 2.29. The largest absolute Gasteiger partial charge is 0.341 e. The van der Waals surface area contributed by atoms with Gasteiger partial charge in [0.05, 0.1) is 5.92 Å². The predicted molar refractivity (Wildman–Crippen MR) is 58.1 cm³/mol. The summed E-state index contributed by atoms with van der Waals surface area (Å²) in [6.07, 6.45) is 2.15. The maximum Gasteiger partial charge on any atom is 0.227 e. The number of hydrogen-bond donors (Lipinski definition) is 1. The first kappa shape index (κ1) is 11.5. The lowest BCUT2D eigenvalue weighted by Crippen LogP contribution is -2.48. The van der Waals surface area contributed by atoms with Crippen molar-refractivity contribution in [3.63, 3.8) is 0 Å². The fourth-order valence-corrected chi connectivity index (χ4v) is 1.67. The minimum Gasteiger partial charge on any atom is -0.341 e. The molecule has 1 aliphatic rings. The average molecular weight is 198 g/mol. The zero-order valence-corrected chi connectivity index (χ0v) is 9.76. The van der Waals surface area contributed by atoms with Crippen LogP contribution in [0.5, 0.6) is 0 Å². The first-order chi connectivity index (χ1) is 6.43. The van der Waals surface area contributed by atoms with Gasteiger partial charge in [0.2, 0.25) is 5.91 Å². The molecule has 1 saturated heterocycles. The molecule has 14 heavy (non-hydrogen) atoms. The van der Waals surface area contributed by atoms with Crippen LogP contribution in [0.3, 0.4) is 0 Å². The number of rotatable bonds is 1. The van der Waals surface area contributed by atoms with Crippen LogP contribution in [-0.2, 0) is 4.79 Å². The molecule has 82 valence electrons. The summed E-state index contributed by atoms with van der Waals surface area (Å²) < 4.78 is 0. The van der Waals surface area contributed by atoms with E-state index in [0.29, 0.717) is 0 Å². The summed E-state index contributed by atoms with van der Waals surface area (Å²) in [6, 6.07) is 0. The fraction of sp³-hybridized carbons (Fsp3) is 0.909. The number of piperidine rings is 1. The monoisotopic (exact) mass is 198 g/mol. The number of carbonyl (C=O) groups is 1. The van der Waals surface area contributed by atoms with E-state index >= 15 is 0 Å². The van der Waals surface area contributed by atoms with Crippen molar-refractivity contribution in [2.24, 2.45) is 5.92 Å². The van der Waals surface area contributed by atoms with Gasteiger partial charge in [0.25, 0.3) is 0 Å². The van der Waals surface area contributed by atoms with Crippen LogP contribution in [0.2, 0.25) is 0 Å². The second-order valence-corrected chi connectivity index (χ2v) is 5.11. The Morgan fingerprint density at radius 2 is 2.07 bits per heavy atom. The van der Waals surface area contributed by atoms with Crippen LogP contribution in [0.15, 0.2) is 0 Å². The van der Waals surface area contributed by atoms with Crippen molar-refractivity contribution >= 4 is 5.91 Å². The first-order valence-electron chi connectivity index (χ1n) is 5.41. The molecule has 1 rings (SSSR count). The molecule has 1 N–H and O–H groups in total. The molecule has 0 bridgehead atoms. The highest BCUT2D eigenvalue weighted by Crippen LogP contribution is 2.18. The first-order valence-corrected chi connectivity index (χ1v) is 5.41. The number of nitrogens with zero attached hydrogens (tertiary/aromatic N) is 1. The molecule has 0 spiro atoms. The van der Waals surface area contributed by atoms with E-state index < -0.39 is 0 Å². The summed E-state index contributed by atoms with van der Waals surface area (Å²) in [6.45, 7) is 8.12. The van der Waals surface area contributed by atoms with Gasteiger partial charge in [0, 0.05) is 19.1 Å². The van der Waals surface area contributed by atoms with Gasteiger partial charge >= 0.3 is 0 Å². The Labute approximate surface area is 86.9 Å². The Balaban J connectivity index is 2.55. The van der Waals surface area contributed by atoms with E-state index in [-0.39, 0.29) is 17.4 Å². The van der Waals surface area contributed by atoms with Crippen LogP contribution < -0.4 is 5.32 Å². The second-order valence-electron chi connectivity index (χ2n) is 5.11. The Kier molecular flexibility index (Phi) is 3.53. The highest BCUT2D eigenvalue weighted by atomic mass is 16.2. The molecular formula is C11H22N2O. The van der Waals surface area contributed by atoms with Crippen molar-refractivity contribution in [1.29, 1.82) is 0 Å². The molecule has 1 aliphatic heterocycles. The Morgan fingerprint density at radius 1 is 1.43 bits per heavy atom. The lowest BCUT2D eigenvalue weighted by Gasteiger charge is -2.36. The predicted octanol–water partition coefficient (Wildman–Crippen LogP) is 1.24. The van der Waals surface area contributed by atoms with Gasteiger partial charge < -0.3 is 10.2 Å². The van der Waals surface area contributed by atoms with E-state index in [1.165, 1.54) is 0 Å². The van der Waals surface area contributed by atoms with Crippen molar-refractivity contribution in [3.05, 3.63) is 0 Å². The van der Waals surface area contributed by atoms with Gasteiger partial charge in [-0.3, -0.25) is 4.79 Å². The van der Waals surface area contributed by atoms with Gasteiger partial charge in [-0.1, -0.05) is 0 Å². The van der Waals surface area contributed by atoms with Gasteiger partial charge in [-0.2, -0.15) is 0 Å². The van der Waals surface area contributed by atoms with Crippen molar-refractivity contribution in [3.8, 4) is 0 Å². The summed E-state index contributed by atoms with van der Waals surface area (Å²) in [5.41, 5.74) is -0.0610. The molecule has 0 aromatic rings. The minimum absolute atomic E-state index is 0.0610. The van der Waals surface area contributed by atoms with E-state index in [1.807, 2.05) is 11.9 Å². The molecule has 3 nitrogen and oxygen atoms in total. The van der Waals surface area contributed by atoms with Gasteiger partial charge in [-0.05, 0) is 40.2 Å². The molecule has 0 saturated carbocycles. The number of nitrogens with one attached hydrogen (secondary N) is 1. The van der Waals surface area contributed by atoms with E-state index in [4.69, 9.17) is 0 Å². The normalized spacial score (nSPS) is 23.3. The van der Waals surface area contributed by atoms with Gasteiger partial charge in [-0.15, -0.1) is 0 Å². The van der Waals surface area contributed by atoms with Gasteiger partial charge in [0.1, 0.15) is 0 Å². The topological polar surface area (TPSA) is 32.3 Å². The van der Waals surface area contributed by atoms with Gasteiger partial charge in [0.15, 0.2) is 0 Å². The third kappa shape index (κ3) is 2.71. The maximum atomic E-state index is 12.0. The molecule has 0 aliphatic carbocycles. The molecule has 0 unspecified atom stereocenters. The molecule has 0 radical (unpaired) electrons. The number of carbonyl (C=O) groups excluding carboxylic acids is 1. The summed E-state index contributed by atoms with van der Waals surface area (Å²) in [4.78, 5) is 13.9. The molecule has 1 amide bonds. The Morgan fingerprint density at radius 3 is 2.50 bits per heavy atom. The lowest BCUT2D eigenvalue weighted by atomic mass is 9.96. The van der Waals surface area contributed by atoms with E-state index in [1.54, 1.807) is 0 Å². The number of amides is 1. The third-order valence-corrected chi connectivity index (χ3v) is 2.98. The standard InChI is InChI=1S/C11H22N2O/c1-11(2,3)13(4)10(14)9-6-5-7-12-8-9/h9,12H,5-8H2,1-4H3/t9-/m1/s1. The van der Waals surface area contributed by atoms with Crippen LogP contribution in [-0.4, -0.2) is 36.5 Å². The van der Waals surface area contributed by atoms with Gasteiger partial charge in [-0.25, -0.2) is 0 Å². The highest BCUT2D eigenvalue weighted by molar-refractivity contribution is 5.79. The van der Waals surface area contributed by atoms with E-state index in [2.05, 4.69) is 26.1 Å². The summed E-state index contributed by atoms with van der Waals surface area (Å²) in [7, 11) is 1.90. The quantitative estimate of drug-likeness (QED) is 0.687. The molecule has 1 atom stereocenters. The Hall–Kier alpha value is -0.570. The zero-order valence-electron chi connectivity index (χ0n) is 9.76. The second kappa shape index (κ2) is 4.30. The SMILES string of the molecule is CN(C(=O)[C@@H]1CCCNC1)C(C)(C)C. The molecule has 3 heteroatoms. The molecule has 0 aromatic heterocycles. The summed E-state index contributed by atoms with van der Waals surface area (Å²) in [5.74, 6) is 0.470. The van der Waals surface area contributed by atoms with Crippen molar-refractivity contribution in [1.82, 2.24) is 10.2 Å².